The Morgan fingerprint density at radius 3 is 2.52 bits per heavy atom. The number of aliphatic carboxylic acids is 1. The summed E-state index contributed by atoms with van der Waals surface area (Å²) in [6.07, 6.45) is 1.35. The molecule has 0 heterocycles. The molecule has 0 aliphatic heterocycles. The largest absolute Gasteiger partial charge is 0.482 e. The smallest absolute Gasteiger partial charge is 0.341 e. The maximum atomic E-state index is 12.3. The summed E-state index contributed by atoms with van der Waals surface area (Å²) in [5.41, 5.74) is 2.10. The van der Waals surface area contributed by atoms with Crippen LogP contribution in [0.25, 0.3) is 0 Å². The monoisotopic (exact) mass is 362 g/mol. The van der Waals surface area contributed by atoms with Gasteiger partial charge in [-0.3, -0.25) is 0 Å². The molecule has 0 aliphatic carbocycles. The van der Waals surface area contributed by atoms with Gasteiger partial charge in [0.2, 0.25) is 0 Å². The summed E-state index contributed by atoms with van der Waals surface area (Å²) in [6.45, 7) is 3.10. The first-order chi connectivity index (χ1) is 11.8. The van der Waals surface area contributed by atoms with Crippen LogP contribution < -0.4 is 9.57 Å². The Hall–Kier alpha value is -2.87. The Kier molecular flexibility index (Phi) is 5.76. The van der Waals surface area contributed by atoms with Crippen molar-refractivity contribution in [2.45, 2.75) is 18.7 Å². The van der Waals surface area contributed by atoms with Gasteiger partial charge in [-0.2, -0.15) is 13.5 Å². The Labute approximate surface area is 146 Å². The van der Waals surface area contributed by atoms with Crippen LogP contribution in [-0.4, -0.2) is 32.3 Å². The molecule has 2 aromatic rings. The molecule has 7 nitrogen and oxygen atoms in total. The molecular formula is C17H18N2O5S. The highest BCUT2D eigenvalue weighted by molar-refractivity contribution is 7.89. The van der Waals surface area contributed by atoms with Crippen molar-refractivity contribution in [1.29, 1.82) is 0 Å². The van der Waals surface area contributed by atoms with Crippen molar-refractivity contribution in [2.75, 3.05) is 6.61 Å². The standard InChI is InChI=1S/C17H18N2O5S/c1-12-3-4-13(2)16(9-12)25(22,23)19-18-10-14-5-7-15(8-6-14)24-11-17(20)21/h3-10,19H,11H2,1-2H3,(H,20,21)/b18-10+. The number of hydrogen-bond acceptors (Lipinski definition) is 5. The van der Waals surface area contributed by atoms with Gasteiger partial charge in [-0.1, -0.05) is 12.1 Å². The van der Waals surface area contributed by atoms with Crippen LogP contribution >= 0.6 is 0 Å². The van der Waals surface area contributed by atoms with Crippen molar-refractivity contribution in [1.82, 2.24) is 4.83 Å². The molecule has 0 atom stereocenters. The van der Waals surface area contributed by atoms with E-state index in [1.165, 1.54) is 6.21 Å². The van der Waals surface area contributed by atoms with Gasteiger partial charge in [-0.25, -0.2) is 9.63 Å². The lowest BCUT2D eigenvalue weighted by Crippen LogP contribution is -2.19. The van der Waals surface area contributed by atoms with Crippen LogP contribution in [0.3, 0.4) is 0 Å². The lowest BCUT2D eigenvalue weighted by molar-refractivity contribution is -0.139. The van der Waals surface area contributed by atoms with Gasteiger partial charge in [0, 0.05) is 0 Å². The van der Waals surface area contributed by atoms with E-state index in [0.717, 1.165) is 5.56 Å². The summed E-state index contributed by atoms with van der Waals surface area (Å²) >= 11 is 0. The van der Waals surface area contributed by atoms with E-state index in [9.17, 15) is 13.2 Å². The number of rotatable bonds is 7. The Morgan fingerprint density at radius 1 is 1.20 bits per heavy atom. The SMILES string of the molecule is Cc1ccc(C)c(S(=O)(=O)N/N=C/c2ccc(OCC(=O)O)cc2)c1. The van der Waals surface area contributed by atoms with E-state index in [-0.39, 0.29) is 4.90 Å². The Morgan fingerprint density at radius 2 is 1.88 bits per heavy atom. The molecule has 0 aliphatic rings. The van der Waals surface area contributed by atoms with Crippen LogP contribution in [0.5, 0.6) is 5.75 Å². The van der Waals surface area contributed by atoms with Crippen molar-refractivity contribution < 1.29 is 23.1 Å². The van der Waals surface area contributed by atoms with Gasteiger partial charge in [0.25, 0.3) is 10.0 Å². The molecule has 2 N–H and O–H groups in total. The molecule has 0 bridgehead atoms. The number of aryl methyl sites for hydroxylation is 2. The lowest BCUT2D eigenvalue weighted by Gasteiger charge is -2.07. The topological polar surface area (TPSA) is 105 Å². The molecule has 0 saturated heterocycles. The average molecular weight is 362 g/mol. The number of benzene rings is 2. The van der Waals surface area contributed by atoms with Crippen LogP contribution in [0.4, 0.5) is 0 Å². The third-order valence-electron chi connectivity index (χ3n) is 3.26. The highest BCUT2D eigenvalue weighted by Gasteiger charge is 2.15. The third-order valence-corrected chi connectivity index (χ3v) is 4.63. The lowest BCUT2D eigenvalue weighted by atomic mass is 10.2. The third kappa shape index (κ3) is 5.32. The number of ether oxygens (including phenoxy) is 1. The number of hydrogen-bond donors (Lipinski definition) is 2. The predicted octanol–water partition coefficient (Wildman–Crippen LogP) is 2.08. The number of carbonyl (C=O) groups is 1. The minimum absolute atomic E-state index is 0.182. The summed E-state index contributed by atoms with van der Waals surface area (Å²) in [5, 5.41) is 12.3. The minimum Gasteiger partial charge on any atom is -0.482 e. The average Bonchev–Trinajstić information content (AvgIpc) is 2.56. The van der Waals surface area contributed by atoms with Gasteiger partial charge < -0.3 is 9.84 Å². The molecular weight excluding hydrogens is 344 g/mol. The van der Waals surface area contributed by atoms with Crippen molar-refractivity contribution >= 4 is 22.2 Å². The molecule has 0 amide bonds. The van der Waals surface area contributed by atoms with Gasteiger partial charge in [0.1, 0.15) is 5.75 Å². The van der Waals surface area contributed by atoms with E-state index in [1.54, 1.807) is 43.3 Å². The van der Waals surface area contributed by atoms with E-state index < -0.39 is 22.6 Å². The highest BCUT2D eigenvalue weighted by atomic mass is 32.2. The van der Waals surface area contributed by atoms with E-state index in [4.69, 9.17) is 9.84 Å². The van der Waals surface area contributed by atoms with Crippen molar-refractivity contribution in [3.05, 3.63) is 59.2 Å². The Balaban J connectivity index is 2.04. The van der Waals surface area contributed by atoms with Gasteiger partial charge in [-0.05, 0) is 60.9 Å². The first-order valence-electron chi connectivity index (χ1n) is 7.35. The molecule has 8 heteroatoms. The number of hydrazone groups is 1. The maximum absolute atomic E-state index is 12.3. The van der Waals surface area contributed by atoms with Crippen molar-refractivity contribution in [2.24, 2.45) is 5.10 Å². The summed E-state index contributed by atoms with van der Waals surface area (Å²) in [7, 11) is -3.75. The van der Waals surface area contributed by atoms with Crippen LogP contribution in [0.1, 0.15) is 16.7 Å². The summed E-state index contributed by atoms with van der Waals surface area (Å²) in [4.78, 5) is 12.8. The fourth-order valence-electron chi connectivity index (χ4n) is 2.01. The first-order valence-corrected chi connectivity index (χ1v) is 8.83. The van der Waals surface area contributed by atoms with E-state index >= 15 is 0 Å². The fraction of sp³-hybridized carbons (Fsp3) is 0.176. The van der Waals surface area contributed by atoms with Crippen molar-refractivity contribution in [3.8, 4) is 5.75 Å². The van der Waals surface area contributed by atoms with Crippen LogP contribution in [0, 0.1) is 13.8 Å². The Bertz CT molecular complexity index is 890. The minimum atomic E-state index is -3.75. The molecule has 25 heavy (non-hydrogen) atoms. The molecule has 0 saturated carbocycles. The normalized spacial score (nSPS) is 11.4. The zero-order valence-electron chi connectivity index (χ0n) is 13.8. The van der Waals surface area contributed by atoms with Gasteiger partial charge in [0.15, 0.2) is 6.61 Å². The first kappa shape index (κ1) is 18.5. The molecule has 132 valence electrons. The summed E-state index contributed by atoms with van der Waals surface area (Å²) in [6, 6.07) is 11.6. The number of nitrogens with one attached hydrogen (secondary N) is 1. The predicted molar refractivity (Wildman–Crippen MR) is 93.4 cm³/mol. The fourth-order valence-corrected chi connectivity index (χ4v) is 3.13. The second kappa shape index (κ2) is 7.80. The molecule has 2 aromatic carbocycles. The van der Waals surface area contributed by atoms with Crippen LogP contribution in [-0.2, 0) is 14.8 Å². The van der Waals surface area contributed by atoms with E-state index in [0.29, 0.717) is 16.9 Å². The van der Waals surface area contributed by atoms with Gasteiger partial charge in [0.05, 0.1) is 11.1 Å². The quantitative estimate of drug-likeness (QED) is 0.579. The molecule has 2 rings (SSSR count). The zero-order chi connectivity index (χ0) is 18.4. The maximum Gasteiger partial charge on any atom is 0.341 e. The van der Waals surface area contributed by atoms with Gasteiger partial charge in [-0.15, -0.1) is 0 Å². The van der Waals surface area contributed by atoms with E-state index in [2.05, 4.69) is 9.93 Å². The number of sulfonamides is 1. The summed E-state index contributed by atoms with van der Waals surface area (Å²) < 4.78 is 29.6. The number of nitrogens with zero attached hydrogens (tertiary/aromatic N) is 1. The second-order valence-corrected chi connectivity index (χ2v) is 7.00. The number of carboxylic acids is 1. The molecule has 0 radical (unpaired) electrons. The van der Waals surface area contributed by atoms with Crippen LogP contribution in [0.2, 0.25) is 0 Å². The van der Waals surface area contributed by atoms with E-state index in [1.807, 2.05) is 13.0 Å². The highest BCUT2D eigenvalue weighted by Crippen LogP contribution is 2.16. The molecule has 0 unspecified atom stereocenters. The number of carboxylic acid groups (broad SMARTS) is 1. The summed E-state index contributed by atoms with van der Waals surface area (Å²) in [5.74, 6) is -0.665. The molecule has 0 aromatic heterocycles. The van der Waals surface area contributed by atoms with Crippen molar-refractivity contribution in [3.63, 3.8) is 0 Å². The van der Waals surface area contributed by atoms with Gasteiger partial charge >= 0.3 is 5.97 Å². The second-order valence-electron chi connectivity index (χ2n) is 5.37. The molecule has 0 fully saturated rings. The van der Waals surface area contributed by atoms with Crippen LogP contribution in [0.15, 0.2) is 52.5 Å². The zero-order valence-corrected chi connectivity index (χ0v) is 14.6. The molecule has 0 spiro atoms.